The molecular formula is C11H16ClNO2. The summed E-state index contributed by atoms with van der Waals surface area (Å²) >= 11 is 0. The van der Waals surface area contributed by atoms with Gasteiger partial charge in [0.1, 0.15) is 6.54 Å². The number of rotatable bonds is 4. The van der Waals surface area contributed by atoms with Gasteiger partial charge in [0.15, 0.2) is 0 Å². The van der Waals surface area contributed by atoms with Gasteiger partial charge in [-0.1, -0.05) is 18.2 Å². The van der Waals surface area contributed by atoms with Gasteiger partial charge in [0.2, 0.25) is 0 Å². The number of ether oxygens (including phenoxy) is 1. The summed E-state index contributed by atoms with van der Waals surface area (Å²) in [6, 6.07) is 9.74. The third-order valence-corrected chi connectivity index (χ3v) is 1.87. The Morgan fingerprint density at radius 1 is 1.33 bits per heavy atom. The largest absolute Gasteiger partial charge is 0.465 e. The van der Waals surface area contributed by atoms with Crippen LogP contribution in [0.2, 0.25) is 0 Å². The second kappa shape index (κ2) is 7.12. The van der Waals surface area contributed by atoms with E-state index >= 15 is 0 Å². The Balaban J connectivity index is 0.00000196. The average molecular weight is 230 g/mol. The molecule has 15 heavy (non-hydrogen) atoms. The topological polar surface area (TPSA) is 29.5 Å². The summed E-state index contributed by atoms with van der Waals surface area (Å²) in [6.07, 6.45) is 0. The van der Waals surface area contributed by atoms with Gasteiger partial charge in [-0.25, -0.2) is 0 Å². The van der Waals surface area contributed by atoms with Crippen molar-refractivity contribution in [3.8, 4) is 0 Å². The first-order valence-corrected chi connectivity index (χ1v) is 4.66. The summed E-state index contributed by atoms with van der Waals surface area (Å²) in [4.78, 5) is 13.0. The smallest absolute Gasteiger partial charge is 0.325 e. The molecule has 0 unspecified atom stereocenters. The van der Waals surface area contributed by atoms with Gasteiger partial charge in [0.05, 0.1) is 6.61 Å². The van der Waals surface area contributed by atoms with Gasteiger partial charge in [0.25, 0.3) is 0 Å². The Hall–Kier alpha value is -1.22. The minimum absolute atomic E-state index is 0. The van der Waals surface area contributed by atoms with Gasteiger partial charge in [0, 0.05) is 12.7 Å². The van der Waals surface area contributed by atoms with Crippen LogP contribution < -0.4 is 4.90 Å². The monoisotopic (exact) mass is 229 g/mol. The SMILES string of the molecule is CCOC(=O)CN(C)c1ccccc1.Cl. The maximum atomic E-state index is 11.2. The molecule has 84 valence electrons. The van der Waals surface area contributed by atoms with Crippen LogP contribution in [0.5, 0.6) is 0 Å². The molecule has 0 aliphatic rings. The molecule has 0 aliphatic carbocycles. The van der Waals surface area contributed by atoms with Crippen LogP contribution in [0.3, 0.4) is 0 Å². The molecular weight excluding hydrogens is 214 g/mol. The van der Waals surface area contributed by atoms with Gasteiger partial charge < -0.3 is 9.64 Å². The van der Waals surface area contributed by atoms with Crippen molar-refractivity contribution in [2.45, 2.75) is 6.92 Å². The van der Waals surface area contributed by atoms with Crippen molar-refractivity contribution in [2.24, 2.45) is 0 Å². The molecule has 0 bridgehead atoms. The molecule has 0 N–H and O–H groups in total. The minimum atomic E-state index is -0.196. The van der Waals surface area contributed by atoms with Crippen molar-refractivity contribution in [2.75, 3.05) is 25.1 Å². The lowest BCUT2D eigenvalue weighted by molar-refractivity contribution is -0.141. The van der Waals surface area contributed by atoms with Crippen LogP contribution in [0.25, 0.3) is 0 Å². The maximum absolute atomic E-state index is 11.2. The second-order valence-corrected chi connectivity index (χ2v) is 3.00. The van der Waals surface area contributed by atoms with Gasteiger partial charge in [-0.2, -0.15) is 0 Å². The summed E-state index contributed by atoms with van der Waals surface area (Å²) in [5, 5.41) is 0. The summed E-state index contributed by atoms with van der Waals surface area (Å²) in [7, 11) is 1.87. The number of anilines is 1. The second-order valence-electron chi connectivity index (χ2n) is 3.00. The van der Waals surface area contributed by atoms with Gasteiger partial charge in [-0.05, 0) is 19.1 Å². The fraction of sp³-hybridized carbons (Fsp3) is 0.364. The van der Waals surface area contributed by atoms with Gasteiger partial charge in [-0.15, -0.1) is 12.4 Å². The molecule has 0 aliphatic heterocycles. The molecule has 1 aromatic carbocycles. The zero-order chi connectivity index (χ0) is 10.4. The lowest BCUT2D eigenvalue weighted by Crippen LogP contribution is -2.26. The van der Waals surface area contributed by atoms with Crippen molar-refractivity contribution in [3.63, 3.8) is 0 Å². The number of halogens is 1. The van der Waals surface area contributed by atoms with E-state index in [9.17, 15) is 4.79 Å². The fourth-order valence-corrected chi connectivity index (χ4v) is 1.17. The maximum Gasteiger partial charge on any atom is 0.325 e. The van der Waals surface area contributed by atoms with Crippen LogP contribution in [-0.4, -0.2) is 26.2 Å². The van der Waals surface area contributed by atoms with Crippen LogP contribution in [0.4, 0.5) is 5.69 Å². The Kier molecular flexibility index (Phi) is 6.54. The first-order chi connectivity index (χ1) is 6.74. The Morgan fingerprint density at radius 2 is 1.93 bits per heavy atom. The summed E-state index contributed by atoms with van der Waals surface area (Å²) in [6.45, 7) is 2.53. The van der Waals surface area contributed by atoms with E-state index in [2.05, 4.69) is 0 Å². The highest BCUT2D eigenvalue weighted by atomic mass is 35.5. The summed E-state index contributed by atoms with van der Waals surface area (Å²) < 4.78 is 4.85. The lowest BCUT2D eigenvalue weighted by atomic mass is 10.3. The lowest BCUT2D eigenvalue weighted by Gasteiger charge is -2.17. The Labute approximate surface area is 96.4 Å². The fourth-order valence-electron chi connectivity index (χ4n) is 1.17. The summed E-state index contributed by atoms with van der Waals surface area (Å²) in [5.74, 6) is -0.196. The van der Waals surface area contributed by atoms with Gasteiger partial charge >= 0.3 is 5.97 Å². The van der Waals surface area contributed by atoms with E-state index in [1.165, 1.54) is 0 Å². The average Bonchev–Trinajstić information content (AvgIpc) is 2.19. The third-order valence-electron chi connectivity index (χ3n) is 1.87. The van der Waals surface area contributed by atoms with Crippen molar-refractivity contribution >= 4 is 24.1 Å². The molecule has 0 atom stereocenters. The third kappa shape index (κ3) is 4.70. The Bertz CT molecular complexity index is 290. The molecule has 0 saturated carbocycles. The van der Waals surface area contributed by atoms with E-state index < -0.39 is 0 Å². The number of benzene rings is 1. The number of esters is 1. The molecule has 0 amide bonds. The number of para-hydroxylation sites is 1. The molecule has 0 saturated heterocycles. The zero-order valence-electron chi connectivity index (χ0n) is 8.97. The van der Waals surface area contributed by atoms with Crippen LogP contribution in [0.1, 0.15) is 6.92 Å². The van der Waals surface area contributed by atoms with Crippen LogP contribution in [0, 0.1) is 0 Å². The van der Waals surface area contributed by atoms with Gasteiger partial charge in [-0.3, -0.25) is 4.79 Å². The standard InChI is InChI=1S/C11H15NO2.ClH/c1-3-14-11(13)9-12(2)10-7-5-4-6-8-10;/h4-8H,3,9H2,1-2H3;1H. The highest BCUT2D eigenvalue weighted by molar-refractivity contribution is 5.85. The van der Waals surface area contributed by atoms with Crippen LogP contribution in [0.15, 0.2) is 30.3 Å². The van der Waals surface area contributed by atoms with Crippen molar-refractivity contribution in [1.82, 2.24) is 0 Å². The van der Waals surface area contributed by atoms with E-state index in [1.807, 2.05) is 42.3 Å². The first kappa shape index (κ1) is 13.8. The predicted molar refractivity (Wildman–Crippen MR) is 63.6 cm³/mol. The van der Waals surface area contributed by atoms with E-state index in [0.29, 0.717) is 6.61 Å². The molecule has 1 aromatic rings. The minimum Gasteiger partial charge on any atom is -0.465 e. The highest BCUT2D eigenvalue weighted by Gasteiger charge is 2.06. The van der Waals surface area contributed by atoms with E-state index in [1.54, 1.807) is 6.92 Å². The van der Waals surface area contributed by atoms with Crippen molar-refractivity contribution in [1.29, 1.82) is 0 Å². The molecule has 1 rings (SSSR count). The molecule has 0 fully saturated rings. The normalized spacial score (nSPS) is 8.93. The number of carbonyl (C=O) groups is 1. The van der Waals surface area contributed by atoms with Crippen molar-refractivity contribution < 1.29 is 9.53 Å². The number of likely N-dealkylation sites (N-methyl/N-ethyl adjacent to an activating group) is 1. The molecule has 4 heteroatoms. The zero-order valence-corrected chi connectivity index (χ0v) is 9.79. The Morgan fingerprint density at radius 3 is 2.47 bits per heavy atom. The predicted octanol–water partition coefficient (Wildman–Crippen LogP) is 2.11. The number of hydrogen-bond donors (Lipinski definition) is 0. The number of carbonyl (C=O) groups excluding carboxylic acids is 1. The first-order valence-electron chi connectivity index (χ1n) is 4.66. The van der Waals surface area contributed by atoms with E-state index in [-0.39, 0.29) is 24.9 Å². The molecule has 0 spiro atoms. The van der Waals surface area contributed by atoms with E-state index in [4.69, 9.17) is 4.74 Å². The van der Waals surface area contributed by atoms with E-state index in [0.717, 1.165) is 5.69 Å². The molecule has 0 heterocycles. The van der Waals surface area contributed by atoms with Crippen LogP contribution in [-0.2, 0) is 9.53 Å². The quantitative estimate of drug-likeness (QED) is 0.741. The molecule has 0 radical (unpaired) electrons. The van der Waals surface area contributed by atoms with Crippen LogP contribution >= 0.6 is 12.4 Å². The van der Waals surface area contributed by atoms with Crippen molar-refractivity contribution in [3.05, 3.63) is 30.3 Å². The molecule has 0 aromatic heterocycles. The highest BCUT2D eigenvalue weighted by Crippen LogP contribution is 2.10. The molecule has 3 nitrogen and oxygen atoms in total. The number of hydrogen-bond acceptors (Lipinski definition) is 3. The summed E-state index contributed by atoms with van der Waals surface area (Å²) in [5.41, 5.74) is 1.01. The number of nitrogens with zero attached hydrogens (tertiary/aromatic N) is 1.